The van der Waals surface area contributed by atoms with Crippen molar-refractivity contribution >= 4 is 11.4 Å². The SMILES string of the molecule is O=[N+]([O-])c1cccc(COC2CCC(=NO)CC2)c1F. The molecule has 1 aromatic carbocycles. The van der Waals surface area contributed by atoms with Crippen molar-refractivity contribution < 1.29 is 19.3 Å². The van der Waals surface area contributed by atoms with Crippen LogP contribution in [0.15, 0.2) is 23.4 Å². The van der Waals surface area contributed by atoms with E-state index in [1.54, 1.807) is 0 Å². The summed E-state index contributed by atoms with van der Waals surface area (Å²) in [5, 5.41) is 22.4. The Bertz CT molecular complexity index is 523. The molecule has 6 nitrogen and oxygen atoms in total. The second-order valence-corrected chi connectivity index (χ2v) is 4.68. The molecule has 0 aromatic heterocycles. The third kappa shape index (κ3) is 3.30. The molecule has 0 radical (unpaired) electrons. The summed E-state index contributed by atoms with van der Waals surface area (Å²) in [6.07, 6.45) is 2.67. The van der Waals surface area contributed by atoms with Gasteiger partial charge < -0.3 is 9.94 Å². The van der Waals surface area contributed by atoms with Gasteiger partial charge in [0.25, 0.3) is 0 Å². The fraction of sp³-hybridized carbons (Fsp3) is 0.462. The Hall–Kier alpha value is -2.02. The standard InChI is InChI=1S/C13H15FN2O4/c14-13-9(2-1-3-12(13)16(18)19)8-20-11-6-4-10(15-17)5-7-11/h1-3,11,17H,4-8H2. The first-order valence-electron chi connectivity index (χ1n) is 6.35. The van der Waals surface area contributed by atoms with Gasteiger partial charge in [0.1, 0.15) is 0 Å². The highest BCUT2D eigenvalue weighted by molar-refractivity contribution is 5.84. The van der Waals surface area contributed by atoms with Crippen molar-refractivity contribution in [3.63, 3.8) is 0 Å². The Morgan fingerprint density at radius 3 is 2.75 bits per heavy atom. The second-order valence-electron chi connectivity index (χ2n) is 4.68. The summed E-state index contributed by atoms with van der Waals surface area (Å²) in [4.78, 5) is 9.89. The third-order valence-corrected chi connectivity index (χ3v) is 3.38. The van der Waals surface area contributed by atoms with Crippen LogP contribution in [0.4, 0.5) is 10.1 Å². The summed E-state index contributed by atoms with van der Waals surface area (Å²) in [5.41, 5.74) is 0.386. The van der Waals surface area contributed by atoms with Gasteiger partial charge in [0.2, 0.25) is 5.82 Å². The first-order valence-corrected chi connectivity index (χ1v) is 6.35. The Balaban J connectivity index is 1.95. The summed E-state index contributed by atoms with van der Waals surface area (Å²) >= 11 is 0. The molecule has 7 heteroatoms. The molecule has 0 atom stereocenters. The average Bonchev–Trinajstić information content (AvgIpc) is 2.46. The van der Waals surface area contributed by atoms with E-state index in [9.17, 15) is 14.5 Å². The van der Waals surface area contributed by atoms with Crippen molar-refractivity contribution in [2.24, 2.45) is 5.16 Å². The molecule has 0 amide bonds. The van der Waals surface area contributed by atoms with Crippen molar-refractivity contribution in [3.05, 3.63) is 39.7 Å². The molecule has 2 rings (SSSR count). The number of nitro benzene ring substituents is 1. The van der Waals surface area contributed by atoms with Gasteiger partial charge >= 0.3 is 5.69 Å². The van der Waals surface area contributed by atoms with E-state index in [1.165, 1.54) is 12.1 Å². The predicted molar refractivity (Wildman–Crippen MR) is 69.3 cm³/mol. The number of hydrogen-bond acceptors (Lipinski definition) is 5. The molecule has 20 heavy (non-hydrogen) atoms. The van der Waals surface area contributed by atoms with E-state index >= 15 is 0 Å². The van der Waals surface area contributed by atoms with E-state index < -0.39 is 16.4 Å². The summed E-state index contributed by atoms with van der Waals surface area (Å²) in [7, 11) is 0. The molecule has 1 aromatic rings. The van der Waals surface area contributed by atoms with Crippen LogP contribution in [0.1, 0.15) is 31.2 Å². The van der Waals surface area contributed by atoms with Crippen molar-refractivity contribution in [3.8, 4) is 0 Å². The monoisotopic (exact) mass is 282 g/mol. The summed E-state index contributed by atoms with van der Waals surface area (Å²) in [6.45, 7) is 0.00375. The Labute approximate surface area is 115 Å². The van der Waals surface area contributed by atoms with E-state index in [4.69, 9.17) is 9.94 Å². The van der Waals surface area contributed by atoms with Crippen LogP contribution in [0.2, 0.25) is 0 Å². The lowest BCUT2D eigenvalue weighted by atomic mass is 9.96. The zero-order valence-electron chi connectivity index (χ0n) is 10.8. The minimum Gasteiger partial charge on any atom is -0.411 e. The van der Waals surface area contributed by atoms with E-state index in [2.05, 4.69) is 5.16 Å². The predicted octanol–water partition coefficient (Wildman–Crippen LogP) is 3.02. The summed E-state index contributed by atoms with van der Waals surface area (Å²) in [6, 6.07) is 4.05. The number of halogens is 1. The number of rotatable bonds is 4. The molecule has 0 unspecified atom stereocenters. The van der Waals surface area contributed by atoms with Gasteiger partial charge in [-0.15, -0.1) is 0 Å². The maximum Gasteiger partial charge on any atom is 0.305 e. The lowest BCUT2D eigenvalue weighted by Crippen LogP contribution is -2.21. The Kier molecular flexibility index (Phi) is 4.62. The van der Waals surface area contributed by atoms with Gasteiger partial charge in [0.05, 0.1) is 23.3 Å². The molecular formula is C13H15FN2O4. The van der Waals surface area contributed by atoms with Crippen molar-refractivity contribution in [2.75, 3.05) is 0 Å². The van der Waals surface area contributed by atoms with Gasteiger partial charge in [-0.25, -0.2) is 0 Å². The van der Waals surface area contributed by atoms with Crippen LogP contribution in [-0.4, -0.2) is 21.9 Å². The van der Waals surface area contributed by atoms with Crippen LogP contribution in [-0.2, 0) is 11.3 Å². The minimum absolute atomic E-state index is 0.00375. The number of oxime groups is 1. The molecule has 0 aliphatic heterocycles. The van der Waals surface area contributed by atoms with Gasteiger partial charge in [-0.3, -0.25) is 10.1 Å². The molecule has 1 aliphatic rings. The minimum atomic E-state index is -0.842. The van der Waals surface area contributed by atoms with Crippen molar-refractivity contribution in [2.45, 2.75) is 38.4 Å². The van der Waals surface area contributed by atoms with E-state index in [0.29, 0.717) is 25.7 Å². The molecule has 108 valence electrons. The number of nitro groups is 1. The quantitative estimate of drug-likeness (QED) is 0.522. The molecular weight excluding hydrogens is 267 g/mol. The Morgan fingerprint density at radius 2 is 2.15 bits per heavy atom. The van der Waals surface area contributed by atoms with Crippen LogP contribution < -0.4 is 0 Å². The van der Waals surface area contributed by atoms with Crippen LogP contribution >= 0.6 is 0 Å². The number of nitrogens with zero attached hydrogens (tertiary/aromatic N) is 2. The normalized spacial score (nSPS) is 18.9. The lowest BCUT2D eigenvalue weighted by molar-refractivity contribution is -0.387. The smallest absolute Gasteiger partial charge is 0.305 e. The van der Waals surface area contributed by atoms with Gasteiger partial charge in [-0.05, 0) is 25.7 Å². The fourth-order valence-electron chi connectivity index (χ4n) is 2.22. The molecule has 1 saturated carbocycles. The van der Waals surface area contributed by atoms with Crippen LogP contribution in [0.3, 0.4) is 0 Å². The fourth-order valence-corrected chi connectivity index (χ4v) is 2.22. The largest absolute Gasteiger partial charge is 0.411 e. The molecule has 0 saturated heterocycles. The number of hydrogen-bond donors (Lipinski definition) is 1. The van der Waals surface area contributed by atoms with Crippen molar-refractivity contribution in [1.82, 2.24) is 0 Å². The molecule has 1 fully saturated rings. The number of ether oxygens (including phenoxy) is 1. The van der Waals surface area contributed by atoms with E-state index in [1.807, 2.05) is 0 Å². The summed E-state index contributed by atoms with van der Waals surface area (Å²) in [5.74, 6) is -0.842. The highest BCUT2D eigenvalue weighted by atomic mass is 19.1. The lowest BCUT2D eigenvalue weighted by Gasteiger charge is -2.22. The Morgan fingerprint density at radius 1 is 1.45 bits per heavy atom. The average molecular weight is 282 g/mol. The van der Waals surface area contributed by atoms with Gasteiger partial charge in [0.15, 0.2) is 0 Å². The third-order valence-electron chi connectivity index (χ3n) is 3.38. The molecule has 0 spiro atoms. The maximum absolute atomic E-state index is 13.8. The first kappa shape index (κ1) is 14.4. The van der Waals surface area contributed by atoms with Gasteiger partial charge in [-0.2, -0.15) is 4.39 Å². The maximum atomic E-state index is 13.8. The highest BCUT2D eigenvalue weighted by Gasteiger charge is 2.21. The highest BCUT2D eigenvalue weighted by Crippen LogP contribution is 2.24. The molecule has 1 N–H and O–H groups in total. The van der Waals surface area contributed by atoms with Gasteiger partial charge in [-0.1, -0.05) is 17.3 Å². The van der Waals surface area contributed by atoms with Crippen LogP contribution in [0, 0.1) is 15.9 Å². The van der Waals surface area contributed by atoms with E-state index in [-0.39, 0.29) is 18.3 Å². The van der Waals surface area contributed by atoms with E-state index in [0.717, 1.165) is 11.8 Å². The zero-order valence-corrected chi connectivity index (χ0v) is 10.8. The number of benzene rings is 1. The van der Waals surface area contributed by atoms with Crippen LogP contribution in [0.5, 0.6) is 0 Å². The van der Waals surface area contributed by atoms with Gasteiger partial charge in [0, 0.05) is 11.6 Å². The zero-order chi connectivity index (χ0) is 14.5. The topological polar surface area (TPSA) is 85.0 Å². The molecule has 0 heterocycles. The second kappa shape index (κ2) is 6.42. The molecule has 1 aliphatic carbocycles. The van der Waals surface area contributed by atoms with Crippen LogP contribution in [0.25, 0.3) is 0 Å². The molecule has 0 bridgehead atoms. The summed E-state index contributed by atoms with van der Waals surface area (Å²) < 4.78 is 19.4. The first-order chi connectivity index (χ1) is 9.61. The van der Waals surface area contributed by atoms with Crippen molar-refractivity contribution in [1.29, 1.82) is 0 Å².